The molecule has 1 aromatic rings. The quantitative estimate of drug-likeness (QED) is 0.894. The van der Waals surface area contributed by atoms with E-state index in [-0.39, 0.29) is 18.6 Å². The molecule has 1 aliphatic rings. The SMILES string of the molecule is CCc1ccc(C(=O)N2CCC(OCCO)CC2)cc1. The fourth-order valence-corrected chi connectivity index (χ4v) is 2.51. The van der Waals surface area contributed by atoms with E-state index in [1.165, 1.54) is 5.56 Å². The number of amides is 1. The third kappa shape index (κ3) is 3.81. The Balaban J connectivity index is 1.87. The molecule has 4 heteroatoms. The van der Waals surface area contributed by atoms with Crippen molar-refractivity contribution < 1.29 is 14.6 Å². The van der Waals surface area contributed by atoms with Crippen LogP contribution in [0, 0.1) is 0 Å². The zero-order valence-corrected chi connectivity index (χ0v) is 12.0. The van der Waals surface area contributed by atoms with Gasteiger partial charge in [0.15, 0.2) is 0 Å². The van der Waals surface area contributed by atoms with E-state index in [1.807, 2.05) is 29.2 Å². The van der Waals surface area contributed by atoms with Crippen LogP contribution in [0.1, 0.15) is 35.7 Å². The van der Waals surface area contributed by atoms with Crippen molar-refractivity contribution in [1.82, 2.24) is 4.90 Å². The second-order valence-electron chi connectivity index (χ2n) is 5.14. The van der Waals surface area contributed by atoms with Gasteiger partial charge in [0.25, 0.3) is 5.91 Å². The molecule has 1 N–H and O–H groups in total. The fourth-order valence-electron chi connectivity index (χ4n) is 2.51. The number of aryl methyl sites for hydroxylation is 1. The number of benzene rings is 1. The lowest BCUT2D eigenvalue weighted by molar-refractivity contribution is -0.00554. The van der Waals surface area contributed by atoms with Crippen molar-refractivity contribution in [2.24, 2.45) is 0 Å². The summed E-state index contributed by atoms with van der Waals surface area (Å²) in [6.07, 6.45) is 2.85. The van der Waals surface area contributed by atoms with Crippen molar-refractivity contribution >= 4 is 5.91 Å². The molecule has 0 aliphatic carbocycles. The third-order valence-electron chi connectivity index (χ3n) is 3.78. The van der Waals surface area contributed by atoms with Gasteiger partial charge in [0.1, 0.15) is 0 Å². The van der Waals surface area contributed by atoms with E-state index >= 15 is 0 Å². The highest BCUT2D eigenvalue weighted by atomic mass is 16.5. The predicted octanol–water partition coefficient (Wildman–Crippen LogP) is 1.86. The van der Waals surface area contributed by atoms with Gasteiger partial charge >= 0.3 is 0 Å². The minimum atomic E-state index is 0.0585. The summed E-state index contributed by atoms with van der Waals surface area (Å²) in [6.45, 7) is 4.00. The van der Waals surface area contributed by atoms with Crippen LogP contribution in [0.5, 0.6) is 0 Å². The van der Waals surface area contributed by atoms with Crippen LogP contribution in [0.3, 0.4) is 0 Å². The Bertz CT molecular complexity index is 422. The van der Waals surface area contributed by atoms with Crippen LogP contribution in [-0.2, 0) is 11.2 Å². The first-order valence-corrected chi connectivity index (χ1v) is 7.35. The molecular formula is C16H23NO3. The van der Waals surface area contributed by atoms with E-state index in [0.29, 0.717) is 6.61 Å². The molecule has 0 saturated carbocycles. The van der Waals surface area contributed by atoms with Gasteiger partial charge in [0.2, 0.25) is 0 Å². The van der Waals surface area contributed by atoms with Gasteiger partial charge in [-0.1, -0.05) is 19.1 Å². The average molecular weight is 277 g/mol. The number of carbonyl (C=O) groups is 1. The number of ether oxygens (including phenoxy) is 1. The number of likely N-dealkylation sites (tertiary alicyclic amines) is 1. The normalized spacial score (nSPS) is 16.4. The Morgan fingerprint density at radius 3 is 2.50 bits per heavy atom. The Morgan fingerprint density at radius 1 is 1.30 bits per heavy atom. The fraction of sp³-hybridized carbons (Fsp3) is 0.562. The van der Waals surface area contributed by atoms with E-state index < -0.39 is 0 Å². The maximum absolute atomic E-state index is 12.4. The number of aliphatic hydroxyl groups excluding tert-OH is 1. The molecule has 110 valence electrons. The Labute approximate surface area is 120 Å². The zero-order chi connectivity index (χ0) is 14.4. The van der Waals surface area contributed by atoms with Gasteiger partial charge in [-0.2, -0.15) is 0 Å². The van der Waals surface area contributed by atoms with Crippen LogP contribution >= 0.6 is 0 Å². The number of hydrogen-bond acceptors (Lipinski definition) is 3. The summed E-state index contributed by atoms with van der Waals surface area (Å²) in [6, 6.07) is 7.86. The molecule has 0 radical (unpaired) electrons. The molecule has 4 nitrogen and oxygen atoms in total. The van der Waals surface area contributed by atoms with Crippen molar-refractivity contribution in [3.8, 4) is 0 Å². The minimum absolute atomic E-state index is 0.0585. The van der Waals surface area contributed by atoms with Crippen molar-refractivity contribution in [1.29, 1.82) is 0 Å². The van der Waals surface area contributed by atoms with Crippen LogP contribution in [0.15, 0.2) is 24.3 Å². The molecule has 0 spiro atoms. The number of aliphatic hydroxyl groups is 1. The van der Waals surface area contributed by atoms with Gasteiger partial charge in [0, 0.05) is 18.7 Å². The second-order valence-corrected chi connectivity index (χ2v) is 5.14. The molecule has 1 aliphatic heterocycles. The van der Waals surface area contributed by atoms with E-state index in [9.17, 15) is 4.79 Å². The Morgan fingerprint density at radius 2 is 1.95 bits per heavy atom. The number of nitrogens with zero attached hydrogens (tertiary/aromatic N) is 1. The minimum Gasteiger partial charge on any atom is -0.394 e. The van der Waals surface area contributed by atoms with Gasteiger partial charge in [-0.05, 0) is 37.0 Å². The number of rotatable bonds is 5. The van der Waals surface area contributed by atoms with Crippen LogP contribution in [0.4, 0.5) is 0 Å². The van der Waals surface area contributed by atoms with Crippen molar-refractivity contribution in [3.05, 3.63) is 35.4 Å². The summed E-state index contributed by atoms with van der Waals surface area (Å²) in [7, 11) is 0. The molecule has 2 rings (SSSR count). The number of carbonyl (C=O) groups excluding carboxylic acids is 1. The lowest BCUT2D eigenvalue weighted by Crippen LogP contribution is -2.41. The molecule has 0 unspecified atom stereocenters. The van der Waals surface area contributed by atoms with Crippen molar-refractivity contribution in [3.63, 3.8) is 0 Å². The first kappa shape index (κ1) is 15.0. The average Bonchev–Trinajstić information content (AvgIpc) is 2.53. The number of piperidine rings is 1. The maximum Gasteiger partial charge on any atom is 0.253 e. The molecule has 20 heavy (non-hydrogen) atoms. The monoisotopic (exact) mass is 277 g/mol. The van der Waals surface area contributed by atoms with Crippen LogP contribution in [0.2, 0.25) is 0 Å². The van der Waals surface area contributed by atoms with Gasteiger partial charge in [-0.15, -0.1) is 0 Å². The topological polar surface area (TPSA) is 49.8 Å². The zero-order valence-electron chi connectivity index (χ0n) is 12.0. The summed E-state index contributed by atoms with van der Waals surface area (Å²) in [5.41, 5.74) is 2.01. The van der Waals surface area contributed by atoms with E-state index in [2.05, 4.69) is 6.92 Å². The van der Waals surface area contributed by atoms with Gasteiger partial charge in [-0.3, -0.25) is 4.79 Å². The highest BCUT2D eigenvalue weighted by molar-refractivity contribution is 5.94. The molecule has 1 saturated heterocycles. The molecule has 1 aromatic carbocycles. The number of hydrogen-bond donors (Lipinski definition) is 1. The molecule has 1 amide bonds. The lowest BCUT2D eigenvalue weighted by atomic mass is 10.0. The summed E-state index contributed by atoms with van der Waals surface area (Å²) in [5.74, 6) is 0.105. The molecule has 1 fully saturated rings. The largest absolute Gasteiger partial charge is 0.394 e. The van der Waals surface area contributed by atoms with Crippen molar-refractivity contribution in [2.45, 2.75) is 32.3 Å². The first-order valence-electron chi connectivity index (χ1n) is 7.35. The van der Waals surface area contributed by atoms with Crippen molar-refractivity contribution in [2.75, 3.05) is 26.3 Å². The summed E-state index contributed by atoms with van der Waals surface area (Å²) >= 11 is 0. The molecular weight excluding hydrogens is 254 g/mol. The van der Waals surface area contributed by atoms with Gasteiger partial charge in [0.05, 0.1) is 19.3 Å². The maximum atomic E-state index is 12.4. The predicted molar refractivity (Wildman–Crippen MR) is 77.8 cm³/mol. The highest BCUT2D eigenvalue weighted by Gasteiger charge is 2.23. The molecule has 0 atom stereocenters. The van der Waals surface area contributed by atoms with E-state index in [1.54, 1.807) is 0 Å². The Kier molecular flexibility index (Phi) is 5.56. The summed E-state index contributed by atoms with van der Waals surface area (Å²) in [5, 5.41) is 8.74. The van der Waals surface area contributed by atoms with E-state index in [0.717, 1.165) is 37.9 Å². The highest BCUT2D eigenvalue weighted by Crippen LogP contribution is 2.16. The van der Waals surface area contributed by atoms with Crippen LogP contribution in [0.25, 0.3) is 0 Å². The van der Waals surface area contributed by atoms with Gasteiger partial charge in [-0.25, -0.2) is 0 Å². The Hall–Kier alpha value is -1.39. The lowest BCUT2D eigenvalue weighted by Gasteiger charge is -2.32. The summed E-state index contributed by atoms with van der Waals surface area (Å²) in [4.78, 5) is 14.3. The smallest absolute Gasteiger partial charge is 0.253 e. The van der Waals surface area contributed by atoms with Crippen LogP contribution in [-0.4, -0.2) is 48.3 Å². The molecule has 1 heterocycles. The van der Waals surface area contributed by atoms with Crippen LogP contribution < -0.4 is 0 Å². The van der Waals surface area contributed by atoms with Gasteiger partial charge < -0.3 is 14.7 Å². The second kappa shape index (κ2) is 7.41. The molecule has 0 bridgehead atoms. The standard InChI is InChI=1S/C16H23NO3/c1-2-13-3-5-14(6-4-13)16(19)17-9-7-15(8-10-17)20-12-11-18/h3-6,15,18H,2,7-12H2,1H3. The third-order valence-corrected chi connectivity index (χ3v) is 3.78. The summed E-state index contributed by atoms with van der Waals surface area (Å²) < 4.78 is 5.51. The van der Waals surface area contributed by atoms with E-state index in [4.69, 9.17) is 9.84 Å². The molecule has 0 aromatic heterocycles. The first-order chi connectivity index (χ1) is 9.74.